The first-order valence-corrected chi connectivity index (χ1v) is 8.31. The third-order valence-corrected chi connectivity index (χ3v) is 4.92. The van der Waals surface area contributed by atoms with Gasteiger partial charge < -0.3 is 5.32 Å². The van der Waals surface area contributed by atoms with E-state index < -0.39 is 0 Å². The Morgan fingerprint density at radius 2 is 1.64 bits per heavy atom. The highest BCUT2D eigenvalue weighted by Gasteiger charge is 2.39. The van der Waals surface area contributed by atoms with E-state index in [1.807, 2.05) is 13.8 Å². The number of hydrogen-bond donors (Lipinski definition) is 1. The topological polar surface area (TPSA) is 66.5 Å². The van der Waals surface area contributed by atoms with Gasteiger partial charge in [-0.1, -0.05) is 12.1 Å². The number of fused-ring (bicyclic) bond motifs is 1. The zero-order valence-electron chi connectivity index (χ0n) is 14.1. The summed E-state index contributed by atoms with van der Waals surface area (Å²) in [6, 6.07) is 11.8. The summed E-state index contributed by atoms with van der Waals surface area (Å²) < 4.78 is 0. The summed E-state index contributed by atoms with van der Waals surface area (Å²) in [4.78, 5) is 38.7. The molecule has 0 aromatic heterocycles. The van der Waals surface area contributed by atoms with E-state index in [0.29, 0.717) is 22.4 Å². The number of carbonyl (C=O) groups excluding carboxylic acids is 3. The molecule has 5 heteroatoms. The number of benzene rings is 2. The van der Waals surface area contributed by atoms with Crippen LogP contribution in [0.15, 0.2) is 42.5 Å². The first-order valence-electron chi connectivity index (χ1n) is 8.31. The van der Waals surface area contributed by atoms with E-state index in [0.717, 1.165) is 18.4 Å². The van der Waals surface area contributed by atoms with E-state index in [1.165, 1.54) is 4.90 Å². The van der Waals surface area contributed by atoms with Crippen molar-refractivity contribution in [3.63, 3.8) is 0 Å². The van der Waals surface area contributed by atoms with Crippen molar-refractivity contribution < 1.29 is 14.4 Å². The van der Waals surface area contributed by atoms with Crippen LogP contribution in [0, 0.1) is 6.92 Å². The van der Waals surface area contributed by atoms with Crippen LogP contribution < -0.4 is 10.2 Å². The molecule has 2 aromatic rings. The van der Waals surface area contributed by atoms with Gasteiger partial charge in [-0.3, -0.25) is 14.4 Å². The predicted molar refractivity (Wildman–Crippen MR) is 93.9 cm³/mol. The third-order valence-electron chi connectivity index (χ3n) is 4.92. The van der Waals surface area contributed by atoms with E-state index in [-0.39, 0.29) is 23.3 Å². The van der Waals surface area contributed by atoms with Crippen LogP contribution in [0.2, 0.25) is 0 Å². The average Bonchev–Trinajstić information content (AvgIpc) is 3.25. The second-order valence-corrected chi connectivity index (χ2v) is 7.01. The number of rotatable bonds is 3. The highest BCUT2D eigenvalue weighted by atomic mass is 16.2. The maximum atomic E-state index is 12.6. The van der Waals surface area contributed by atoms with Crippen LogP contribution >= 0.6 is 0 Å². The molecule has 0 radical (unpaired) electrons. The molecule has 1 heterocycles. The van der Waals surface area contributed by atoms with Gasteiger partial charge in [0.15, 0.2) is 0 Å². The molecule has 5 nitrogen and oxygen atoms in total. The molecule has 0 atom stereocenters. The lowest BCUT2D eigenvalue weighted by Crippen LogP contribution is -2.34. The van der Waals surface area contributed by atoms with Crippen LogP contribution in [-0.2, 0) is 0 Å². The zero-order chi connectivity index (χ0) is 17.8. The van der Waals surface area contributed by atoms with Crippen LogP contribution in [0.5, 0.6) is 0 Å². The van der Waals surface area contributed by atoms with Gasteiger partial charge in [-0.05, 0) is 62.6 Å². The van der Waals surface area contributed by atoms with Gasteiger partial charge in [0.25, 0.3) is 17.7 Å². The molecule has 4 rings (SSSR count). The lowest BCUT2D eigenvalue weighted by Gasteiger charge is -2.17. The second-order valence-electron chi connectivity index (χ2n) is 7.01. The molecule has 1 aliphatic carbocycles. The Hall–Kier alpha value is -2.95. The predicted octanol–water partition coefficient (Wildman–Crippen LogP) is 3.08. The Kier molecular flexibility index (Phi) is 3.29. The van der Waals surface area contributed by atoms with Crippen molar-refractivity contribution in [2.75, 3.05) is 4.90 Å². The van der Waals surface area contributed by atoms with Gasteiger partial charge in [0.05, 0.1) is 16.8 Å². The van der Waals surface area contributed by atoms with Crippen molar-refractivity contribution in [2.24, 2.45) is 0 Å². The summed E-state index contributed by atoms with van der Waals surface area (Å²) in [6.45, 7) is 3.83. The second kappa shape index (κ2) is 5.28. The SMILES string of the molecule is Cc1cc(N2C(=O)c3ccccc3C2=O)ccc1C(=O)NC1(C)CC1. The number of nitrogens with zero attached hydrogens (tertiary/aromatic N) is 1. The average molecular weight is 334 g/mol. The van der Waals surface area contributed by atoms with E-state index in [4.69, 9.17) is 0 Å². The highest BCUT2D eigenvalue weighted by molar-refractivity contribution is 6.34. The number of amides is 3. The zero-order valence-corrected chi connectivity index (χ0v) is 14.1. The molecular weight excluding hydrogens is 316 g/mol. The maximum absolute atomic E-state index is 12.6. The molecule has 0 spiro atoms. The Bertz CT molecular complexity index is 893. The minimum Gasteiger partial charge on any atom is -0.347 e. The fourth-order valence-electron chi connectivity index (χ4n) is 3.12. The van der Waals surface area contributed by atoms with Gasteiger partial charge >= 0.3 is 0 Å². The van der Waals surface area contributed by atoms with Gasteiger partial charge in [0.1, 0.15) is 0 Å². The Balaban J connectivity index is 1.64. The van der Waals surface area contributed by atoms with Gasteiger partial charge in [-0.15, -0.1) is 0 Å². The van der Waals surface area contributed by atoms with Crippen molar-refractivity contribution >= 4 is 23.4 Å². The third kappa shape index (κ3) is 2.52. The summed E-state index contributed by atoms with van der Waals surface area (Å²) in [5.41, 5.74) is 2.51. The van der Waals surface area contributed by atoms with Crippen molar-refractivity contribution in [1.29, 1.82) is 0 Å². The Morgan fingerprint density at radius 3 is 2.16 bits per heavy atom. The highest BCUT2D eigenvalue weighted by Crippen LogP contribution is 2.35. The van der Waals surface area contributed by atoms with Crippen LogP contribution in [-0.4, -0.2) is 23.3 Å². The van der Waals surface area contributed by atoms with Gasteiger partial charge in [0, 0.05) is 11.1 Å². The lowest BCUT2D eigenvalue weighted by molar-refractivity contribution is 0.0919. The maximum Gasteiger partial charge on any atom is 0.266 e. The first kappa shape index (κ1) is 15.6. The molecule has 1 aliphatic heterocycles. The minimum atomic E-state index is -0.331. The molecule has 126 valence electrons. The summed E-state index contributed by atoms with van der Waals surface area (Å²) in [5, 5.41) is 3.02. The van der Waals surface area contributed by atoms with Crippen LogP contribution in [0.4, 0.5) is 5.69 Å². The Labute approximate surface area is 145 Å². The van der Waals surface area contributed by atoms with Gasteiger partial charge in [-0.2, -0.15) is 0 Å². The molecule has 0 saturated heterocycles. The minimum absolute atomic E-state index is 0.0925. The molecule has 1 fully saturated rings. The Morgan fingerprint density at radius 1 is 1.04 bits per heavy atom. The quantitative estimate of drug-likeness (QED) is 0.877. The molecule has 1 saturated carbocycles. The van der Waals surface area contributed by atoms with E-state index in [1.54, 1.807) is 42.5 Å². The smallest absolute Gasteiger partial charge is 0.266 e. The van der Waals surface area contributed by atoms with Crippen molar-refractivity contribution in [3.05, 3.63) is 64.7 Å². The lowest BCUT2D eigenvalue weighted by atomic mass is 10.1. The van der Waals surface area contributed by atoms with E-state index in [2.05, 4.69) is 5.32 Å². The largest absolute Gasteiger partial charge is 0.347 e. The van der Waals surface area contributed by atoms with E-state index in [9.17, 15) is 14.4 Å². The summed E-state index contributed by atoms with van der Waals surface area (Å²) in [7, 11) is 0. The van der Waals surface area contributed by atoms with Gasteiger partial charge in [0.2, 0.25) is 0 Å². The fourth-order valence-corrected chi connectivity index (χ4v) is 3.12. The normalized spacial score (nSPS) is 17.4. The number of hydrogen-bond acceptors (Lipinski definition) is 3. The molecule has 3 amide bonds. The van der Waals surface area contributed by atoms with Crippen molar-refractivity contribution in [2.45, 2.75) is 32.2 Å². The molecule has 0 unspecified atom stereocenters. The fraction of sp³-hybridized carbons (Fsp3) is 0.250. The molecule has 1 N–H and O–H groups in total. The molecular formula is C20H18N2O3. The van der Waals surface area contributed by atoms with Crippen LogP contribution in [0.3, 0.4) is 0 Å². The van der Waals surface area contributed by atoms with Gasteiger partial charge in [-0.25, -0.2) is 4.90 Å². The van der Waals surface area contributed by atoms with E-state index >= 15 is 0 Å². The summed E-state index contributed by atoms with van der Waals surface area (Å²) >= 11 is 0. The number of imide groups is 1. The number of carbonyl (C=O) groups is 3. The monoisotopic (exact) mass is 334 g/mol. The van der Waals surface area contributed by atoms with Crippen molar-refractivity contribution in [1.82, 2.24) is 5.32 Å². The standard InChI is InChI=1S/C20H18N2O3/c1-12-11-13(7-8-14(12)17(23)21-20(2)9-10-20)22-18(24)15-5-3-4-6-16(15)19(22)25/h3-8,11H,9-10H2,1-2H3,(H,21,23). The number of aryl methyl sites for hydroxylation is 1. The molecule has 2 aliphatic rings. The molecule has 25 heavy (non-hydrogen) atoms. The number of nitrogens with one attached hydrogen (secondary N) is 1. The van der Waals surface area contributed by atoms with Crippen molar-refractivity contribution in [3.8, 4) is 0 Å². The summed E-state index contributed by atoms with van der Waals surface area (Å²) in [6.07, 6.45) is 1.98. The van der Waals surface area contributed by atoms with Crippen LogP contribution in [0.25, 0.3) is 0 Å². The molecule has 0 bridgehead atoms. The number of anilines is 1. The van der Waals surface area contributed by atoms with Crippen LogP contribution in [0.1, 0.15) is 56.4 Å². The summed E-state index contributed by atoms with van der Waals surface area (Å²) in [5.74, 6) is -0.781. The first-order chi connectivity index (χ1) is 11.9. The molecule has 2 aromatic carbocycles.